The number of hydrogen-bond donors (Lipinski definition) is 1. The highest BCUT2D eigenvalue weighted by molar-refractivity contribution is 5.85. The number of nitrogens with one attached hydrogen (secondary N) is 1. The molecule has 0 saturated heterocycles. The molecule has 1 amide bonds. The lowest BCUT2D eigenvalue weighted by Crippen LogP contribution is -2.31. The van der Waals surface area contributed by atoms with Crippen LogP contribution in [0.15, 0.2) is 72.8 Å². The van der Waals surface area contributed by atoms with Crippen molar-refractivity contribution in [3.63, 3.8) is 0 Å². The maximum atomic E-state index is 12.1. The SMILES string of the molecule is O=C(COc1ccccc1)NCCc1nnc2n1CCN(Cc1cccc3ccccc13)CC2. The van der Waals surface area contributed by atoms with Crippen LogP contribution in [0.5, 0.6) is 5.75 Å². The number of carbonyl (C=O) groups is 1. The first-order chi connectivity index (χ1) is 16.8. The Morgan fingerprint density at radius 1 is 0.912 bits per heavy atom. The summed E-state index contributed by atoms with van der Waals surface area (Å²) in [6.45, 7) is 4.19. The van der Waals surface area contributed by atoms with Gasteiger partial charge in [0.05, 0.1) is 0 Å². The number of fused-ring (bicyclic) bond motifs is 2. The zero-order valence-electron chi connectivity index (χ0n) is 19.2. The van der Waals surface area contributed by atoms with Crippen LogP contribution in [0, 0.1) is 0 Å². The van der Waals surface area contributed by atoms with Crippen LogP contribution in [0.25, 0.3) is 10.8 Å². The van der Waals surface area contributed by atoms with Gasteiger partial charge in [-0.15, -0.1) is 10.2 Å². The molecular formula is C27H29N5O2. The average molecular weight is 456 g/mol. The number of benzene rings is 3. The lowest BCUT2D eigenvalue weighted by atomic mass is 10.0. The normalized spacial score (nSPS) is 13.9. The summed E-state index contributed by atoms with van der Waals surface area (Å²) in [7, 11) is 0. The van der Waals surface area contributed by atoms with Crippen molar-refractivity contribution in [1.29, 1.82) is 0 Å². The van der Waals surface area contributed by atoms with Gasteiger partial charge < -0.3 is 14.6 Å². The zero-order valence-corrected chi connectivity index (χ0v) is 19.2. The highest BCUT2D eigenvalue weighted by Gasteiger charge is 2.19. The van der Waals surface area contributed by atoms with E-state index in [4.69, 9.17) is 4.74 Å². The van der Waals surface area contributed by atoms with Crippen LogP contribution in [-0.2, 0) is 30.7 Å². The molecule has 1 aliphatic rings. The van der Waals surface area contributed by atoms with E-state index < -0.39 is 0 Å². The molecule has 5 rings (SSSR count). The monoisotopic (exact) mass is 455 g/mol. The lowest BCUT2D eigenvalue weighted by molar-refractivity contribution is -0.123. The van der Waals surface area contributed by atoms with Crippen LogP contribution in [0.3, 0.4) is 0 Å². The van der Waals surface area contributed by atoms with E-state index >= 15 is 0 Å². The molecule has 4 aromatic rings. The molecule has 0 bridgehead atoms. The van der Waals surface area contributed by atoms with Crippen molar-refractivity contribution >= 4 is 16.7 Å². The Bertz CT molecular complexity index is 1250. The first-order valence-electron chi connectivity index (χ1n) is 11.8. The van der Waals surface area contributed by atoms with Gasteiger partial charge in [0.2, 0.25) is 0 Å². The smallest absolute Gasteiger partial charge is 0.257 e. The van der Waals surface area contributed by atoms with Crippen LogP contribution in [-0.4, -0.2) is 51.8 Å². The summed E-state index contributed by atoms with van der Waals surface area (Å²) in [5, 5.41) is 14.3. The Balaban J connectivity index is 1.13. The summed E-state index contributed by atoms with van der Waals surface area (Å²) < 4.78 is 7.72. The average Bonchev–Trinajstić information content (AvgIpc) is 3.15. The molecule has 0 aliphatic carbocycles. The first-order valence-corrected chi connectivity index (χ1v) is 11.8. The van der Waals surface area contributed by atoms with Crippen molar-refractivity contribution in [2.45, 2.75) is 25.9 Å². The minimum Gasteiger partial charge on any atom is -0.484 e. The predicted molar refractivity (Wildman–Crippen MR) is 132 cm³/mol. The van der Waals surface area contributed by atoms with Gasteiger partial charge in [0, 0.05) is 45.6 Å². The van der Waals surface area contributed by atoms with Crippen LogP contribution >= 0.6 is 0 Å². The van der Waals surface area contributed by atoms with Crippen molar-refractivity contribution in [2.75, 3.05) is 26.2 Å². The number of carbonyl (C=O) groups excluding carboxylic acids is 1. The third-order valence-electron chi connectivity index (χ3n) is 6.25. The quantitative estimate of drug-likeness (QED) is 0.442. The van der Waals surface area contributed by atoms with Gasteiger partial charge in [-0.25, -0.2) is 0 Å². The molecule has 34 heavy (non-hydrogen) atoms. The summed E-state index contributed by atoms with van der Waals surface area (Å²) >= 11 is 0. The molecule has 0 fully saturated rings. The van der Waals surface area contributed by atoms with Crippen LogP contribution < -0.4 is 10.1 Å². The van der Waals surface area contributed by atoms with E-state index in [9.17, 15) is 4.79 Å². The first kappa shape index (κ1) is 22.1. The maximum absolute atomic E-state index is 12.1. The third-order valence-corrected chi connectivity index (χ3v) is 6.25. The standard InChI is InChI=1S/C27H29N5O2/c33-27(20-34-23-10-2-1-3-11-23)28-15-13-25-29-30-26-14-16-31(17-18-32(25)26)19-22-9-6-8-21-7-4-5-12-24(21)22/h1-12H,13-20H2,(H,28,33). The van der Waals surface area contributed by atoms with Gasteiger partial charge in [-0.05, 0) is 28.5 Å². The molecular weight excluding hydrogens is 426 g/mol. The number of ether oxygens (including phenoxy) is 1. The fourth-order valence-electron chi connectivity index (χ4n) is 4.47. The second kappa shape index (κ2) is 10.5. The Morgan fingerprint density at radius 2 is 1.74 bits per heavy atom. The topological polar surface area (TPSA) is 72.3 Å². The minimum absolute atomic E-state index is 0.00504. The van der Waals surface area contributed by atoms with Gasteiger partial charge in [0.15, 0.2) is 6.61 Å². The van der Waals surface area contributed by atoms with Gasteiger partial charge in [-0.2, -0.15) is 0 Å². The van der Waals surface area contributed by atoms with Crippen molar-refractivity contribution in [3.8, 4) is 5.75 Å². The minimum atomic E-state index is -0.138. The van der Waals surface area contributed by atoms with Crippen molar-refractivity contribution in [3.05, 3.63) is 90.0 Å². The van der Waals surface area contributed by atoms with E-state index in [1.165, 1.54) is 16.3 Å². The second-order valence-corrected chi connectivity index (χ2v) is 8.55. The molecule has 2 heterocycles. The molecule has 7 nitrogen and oxygen atoms in total. The molecule has 1 aromatic heterocycles. The number of amides is 1. The summed E-state index contributed by atoms with van der Waals surface area (Å²) in [5.41, 5.74) is 1.36. The predicted octanol–water partition coefficient (Wildman–Crippen LogP) is 3.23. The molecule has 0 unspecified atom stereocenters. The Hall–Kier alpha value is -3.71. The van der Waals surface area contributed by atoms with Crippen LogP contribution in [0.2, 0.25) is 0 Å². The van der Waals surface area contributed by atoms with Crippen LogP contribution in [0.1, 0.15) is 17.2 Å². The maximum Gasteiger partial charge on any atom is 0.257 e. The van der Waals surface area contributed by atoms with E-state index in [2.05, 4.69) is 67.4 Å². The van der Waals surface area contributed by atoms with E-state index in [0.29, 0.717) is 18.7 Å². The molecule has 1 N–H and O–H groups in total. The summed E-state index contributed by atoms with van der Waals surface area (Å²) in [6, 6.07) is 24.4. The molecule has 0 spiro atoms. The van der Waals surface area contributed by atoms with E-state index in [1.807, 2.05) is 30.3 Å². The Morgan fingerprint density at radius 3 is 2.65 bits per heavy atom. The number of para-hydroxylation sites is 1. The van der Waals surface area contributed by atoms with Crippen molar-refractivity contribution < 1.29 is 9.53 Å². The molecule has 1 aliphatic heterocycles. The van der Waals surface area contributed by atoms with Gasteiger partial charge >= 0.3 is 0 Å². The fourth-order valence-corrected chi connectivity index (χ4v) is 4.47. The van der Waals surface area contributed by atoms with Crippen LogP contribution in [0.4, 0.5) is 0 Å². The van der Waals surface area contributed by atoms with Crippen molar-refractivity contribution in [2.24, 2.45) is 0 Å². The lowest BCUT2D eigenvalue weighted by Gasteiger charge is -2.20. The Kier molecular flexibility index (Phi) is 6.81. The molecule has 3 aromatic carbocycles. The highest BCUT2D eigenvalue weighted by atomic mass is 16.5. The number of rotatable bonds is 8. The summed E-state index contributed by atoms with van der Waals surface area (Å²) in [4.78, 5) is 14.6. The van der Waals surface area contributed by atoms with Gasteiger partial charge in [0.25, 0.3) is 5.91 Å². The van der Waals surface area contributed by atoms with Gasteiger partial charge in [0.1, 0.15) is 17.4 Å². The van der Waals surface area contributed by atoms with Gasteiger partial charge in [-0.3, -0.25) is 9.69 Å². The molecule has 0 radical (unpaired) electrons. The molecule has 7 heteroatoms. The summed E-state index contributed by atoms with van der Waals surface area (Å²) in [5.74, 6) is 2.50. The number of nitrogens with zero attached hydrogens (tertiary/aromatic N) is 4. The highest BCUT2D eigenvalue weighted by Crippen LogP contribution is 2.21. The molecule has 0 atom stereocenters. The summed E-state index contributed by atoms with van der Waals surface area (Å²) in [6.07, 6.45) is 1.52. The van der Waals surface area contributed by atoms with Crippen molar-refractivity contribution in [1.82, 2.24) is 25.0 Å². The van der Waals surface area contributed by atoms with E-state index in [1.54, 1.807) is 0 Å². The fraction of sp³-hybridized carbons (Fsp3) is 0.296. The number of hydrogen-bond acceptors (Lipinski definition) is 5. The van der Waals surface area contributed by atoms with E-state index in [-0.39, 0.29) is 12.5 Å². The van der Waals surface area contributed by atoms with E-state index in [0.717, 1.165) is 44.2 Å². The Labute approximate surface area is 199 Å². The second-order valence-electron chi connectivity index (χ2n) is 8.55. The molecule has 0 saturated carbocycles. The number of aromatic nitrogens is 3. The molecule has 174 valence electrons. The third kappa shape index (κ3) is 5.26. The van der Waals surface area contributed by atoms with Gasteiger partial charge in [-0.1, -0.05) is 60.7 Å². The zero-order chi connectivity index (χ0) is 23.2. The largest absolute Gasteiger partial charge is 0.484 e.